The molecule has 210 valence electrons. The van der Waals surface area contributed by atoms with E-state index in [1.165, 1.54) is 49.6 Å². The summed E-state index contributed by atoms with van der Waals surface area (Å²) in [6, 6.07) is 21.2. The third-order valence-corrected chi connectivity index (χ3v) is 7.82. The highest BCUT2D eigenvalue weighted by Crippen LogP contribution is 2.24. The van der Waals surface area contributed by atoms with Crippen molar-refractivity contribution in [3.8, 4) is 5.75 Å². The maximum atomic E-state index is 14.5. The molecule has 4 aromatic rings. The lowest BCUT2D eigenvalue weighted by atomic mass is 10.0. The molecule has 40 heavy (non-hydrogen) atoms. The van der Waals surface area contributed by atoms with Crippen LogP contribution in [0, 0.1) is 5.82 Å². The number of likely N-dealkylation sites (tertiary alicyclic amines) is 1. The van der Waals surface area contributed by atoms with E-state index >= 15 is 0 Å². The van der Waals surface area contributed by atoms with Gasteiger partial charge in [0.15, 0.2) is 11.6 Å². The van der Waals surface area contributed by atoms with Crippen LogP contribution in [-0.4, -0.2) is 52.0 Å². The molecule has 1 fully saturated rings. The van der Waals surface area contributed by atoms with Crippen molar-refractivity contribution in [2.24, 2.45) is 0 Å². The second kappa shape index (κ2) is 13.1. The van der Waals surface area contributed by atoms with E-state index in [4.69, 9.17) is 9.72 Å². The van der Waals surface area contributed by atoms with Crippen LogP contribution in [0.1, 0.15) is 66.3 Å². The molecule has 1 aromatic heterocycles. The van der Waals surface area contributed by atoms with Gasteiger partial charge in [0.05, 0.1) is 24.7 Å². The number of carbonyl (C=O) groups is 1. The Bertz CT molecular complexity index is 1440. The second-order valence-electron chi connectivity index (χ2n) is 10.6. The van der Waals surface area contributed by atoms with E-state index in [9.17, 15) is 9.18 Å². The zero-order chi connectivity index (χ0) is 27.9. The average molecular weight is 543 g/mol. The zero-order valence-electron chi connectivity index (χ0n) is 23.6. The summed E-state index contributed by atoms with van der Waals surface area (Å²) >= 11 is 0. The van der Waals surface area contributed by atoms with Crippen molar-refractivity contribution in [1.82, 2.24) is 19.4 Å². The van der Waals surface area contributed by atoms with E-state index in [-0.39, 0.29) is 11.7 Å². The molecule has 1 aliphatic heterocycles. The van der Waals surface area contributed by atoms with Crippen molar-refractivity contribution in [3.63, 3.8) is 0 Å². The van der Waals surface area contributed by atoms with E-state index < -0.39 is 5.82 Å². The van der Waals surface area contributed by atoms with Gasteiger partial charge in [-0.25, -0.2) is 9.37 Å². The highest BCUT2D eigenvalue weighted by Gasteiger charge is 2.22. The van der Waals surface area contributed by atoms with Gasteiger partial charge < -0.3 is 14.2 Å². The first-order chi connectivity index (χ1) is 19.6. The minimum Gasteiger partial charge on any atom is -0.494 e. The smallest absolute Gasteiger partial charge is 0.254 e. The van der Waals surface area contributed by atoms with Gasteiger partial charge in [0.2, 0.25) is 0 Å². The molecule has 1 aliphatic rings. The number of hydrogen-bond acceptors (Lipinski definition) is 4. The standard InChI is InChI=1S/C33H39FN4O2/c1-3-4-20-37(33(39)25-16-17-31(40-2)28(34)21-25)24-32-35-29-14-8-9-15-30(29)38(32)23-27-13-7-6-12-26(27)22-36-18-10-5-11-19-36/h6-9,12-17,21H,3-5,10-11,18-20,22-24H2,1-2H3. The Morgan fingerprint density at radius 1 is 0.975 bits per heavy atom. The zero-order valence-corrected chi connectivity index (χ0v) is 23.6. The number of fused-ring (bicyclic) bond motifs is 1. The minimum absolute atomic E-state index is 0.127. The molecule has 0 aliphatic carbocycles. The summed E-state index contributed by atoms with van der Waals surface area (Å²) in [5, 5.41) is 0. The third kappa shape index (κ3) is 6.36. The summed E-state index contributed by atoms with van der Waals surface area (Å²) in [7, 11) is 1.42. The molecule has 2 heterocycles. The summed E-state index contributed by atoms with van der Waals surface area (Å²) < 4.78 is 21.8. The molecule has 0 bridgehead atoms. The van der Waals surface area contributed by atoms with Crippen LogP contribution in [0.2, 0.25) is 0 Å². The van der Waals surface area contributed by atoms with Gasteiger partial charge in [-0.2, -0.15) is 0 Å². The number of unbranched alkanes of at least 4 members (excludes halogenated alkanes) is 1. The van der Waals surface area contributed by atoms with Crippen LogP contribution in [0.4, 0.5) is 4.39 Å². The van der Waals surface area contributed by atoms with E-state index in [0.29, 0.717) is 25.2 Å². The van der Waals surface area contributed by atoms with Crippen molar-refractivity contribution in [2.45, 2.75) is 58.7 Å². The van der Waals surface area contributed by atoms with Crippen molar-refractivity contribution >= 4 is 16.9 Å². The van der Waals surface area contributed by atoms with Crippen LogP contribution < -0.4 is 4.74 Å². The molecule has 6 nitrogen and oxygen atoms in total. The van der Waals surface area contributed by atoms with Gasteiger partial charge in [-0.15, -0.1) is 0 Å². The first kappa shape index (κ1) is 27.8. The van der Waals surface area contributed by atoms with Gasteiger partial charge in [0, 0.05) is 25.2 Å². The molecule has 7 heteroatoms. The summed E-state index contributed by atoms with van der Waals surface area (Å²) in [4.78, 5) is 23.0. The Hall–Kier alpha value is -3.71. The number of methoxy groups -OCH3 is 1. The predicted molar refractivity (Wildman–Crippen MR) is 157 cm³/mol. The molecular weight excluding hydrogens is 503 g/mol. The Kier molecular flexibility index (Phi) is 9.12. The Balaban J connectivity index is 1.46. The van der Waals surface area contributed by atoms with E-state index in [1.54, 1.807) is 11.0 Å². The summed E-state index contributed by atoms with van der Waals surface area (Å²) in [5.74, 6) is 0.203. The molecule has 0 spiro atoms. The fourth-order valence-corrected chi connectivity index (χ4v) is 5.57. The number of piperidine rings is 1. The maximum absolute atomic E-state index is 14.5. The van der Waals surface area contributed by atoms with E-state index in [2.05, 4.69) is 46.7 Å². The maximum Gasteiger partial charge on any atom is 0.254 e. The molecule has 0 unspecified atom stereocenters. The number of carbonyl (C=O) groups excluding carboxylic acids is 1. The van der Waals surface area contributed by atoms with Crippen LogP contribution in [-0.2, 0) is 19.6 Å². The largest absolute Gasteiger partial charge is 0.494 e. The Morgan fingerprint density at radius 2 is 1.70 bits per heavy atom. The number of imidazole rings is 1. The number of ether oxygens (including phenoxy) is 1. The molecule has 0 saturated carbocycles. The topological polar surface area (TPSA) is 50.6 Å². The molecule has 3 aromatic carbocycles. The molecule has 5 rings (SSSR count). The molecule has 1 saturated heterocycles. The number of rotatable bonds is 11. The summed E-state index contributed by atoms with van der Waals surface area (Å²) in [6.45, 7) is 6.93. The average Bonchev–Trinajstić information content (AvgIpc) is 3.33. The van der Waals surface area contributed by atoms with Crippen molar-refractivity contribution in [3.05, 3.63) is 95.1 Å². The van der Waals surface area contributed by atoms with Crippen molar-refractivity contribution in [1.29, 1.82) is 0 Å². The van der Waals surface area contributed by atoms with Crippen LogP contribution in [0.25, 0.3) is 11.0 Å². The third-order valence-electron chi connectivity index (χ3n) is 7.82. The lowest BCUT2D eigenvalue weighted by molar-refractivity contribution is 0.0734. The van der Waals surface area contributed by atoms with Gasteiger partial charge in [0.25, 0.3) is 5.91 Å². The molecule has 0 radical (unpaired) electrons. The van der Waals surface area contributed by atoms with Crippen LogP contribution in [0.5, 0.6) is 5.75 Å². The molecule has 1 amide bonds. The number of para-hydroxylation sites is 2. The number of hydrogen-bond donors (Lipinski definition) is 0. The quantitative estimate of drug-likeness (QED) is 0.213. The lowest BCUT2D eigenvalue weighted by Crippen LogP contribution is -2.33. The van der Waals surface area contributed by atoms with E-state index in [1.807, 2.05) is 18.2 Å². The molecular formula is C33H39FN4O2. The lowest BCUT2D eigenvalue weighted by Gasteiger charge is -2.27. The Labute approximate surface area is 236 Å². The number of halogens is 1. The molecule has 0 N–H and O–H groups in total. The van der Waals surface area contributed by atoms with Crippen molar-refractivity contribution < 1.29 is 13.9 Å². The fourth-order valence-electron chi connectivity index (χ4n) is 5.57. The summed E-state index contributed by atoms with van der Waals surface area (Å²) in [6.07, 6.45) is 5.64. The first-order valence-electron chi connectivity index (χ1n) is 14.4. The fraction of sp³-hybridized carbons (Fsp3) is 0.394. The normalized spacial score (nSPS) is 14.0. The highest BCUT2D eigenvalue weighted by molar-refractivity contribution is 5.94. The first-order valence-corrected chi connectivity index (χ1v) is 14.4. The SMILES string of the molecule is CCCCN(Cc1nc2ccccc2n1Cc1ccccc1CN1CCCCC1)C(=O)c1ccc(OC)c(F)c1. The van der Waals surface area contributed by atoms with Crippen molar-refractivity contribution in [2.75, 3.05) is 26.7 Å². The number of aromatic nitrogens is 2. The Morgan fingerprint density at radius 3 is 2.42 bits per heavy atom. The summed E-state index contributed by atoms with van der Waals surface area (Å²) in [5.41, 5.74) is 4.86. The predicted octanol–water partition coefficient (Wildman–Crippen LogP) is 6.66. The van der Waals surface area contributed by atoms with Crippen LogP contribution in [0.15, 0.2) is 66.7 Å². The molecule has 0 atom stereocenters. The second-order valence-corrected chi connectivity index (χ2v) is 10.6. The van der Waals surface area contributed by atoms with Gasteiger partial charge in [-0.05, 0) is 73.8 Å². The van der Waals surface area contributed by atoms with Crippen LogP contribution >= 0.6 is 0 Å². The van der Waals surface area contributed by atoms with Crippen LogP contribution in [0.3, 0.4) is 0 Å². The number of nitrogens with zero attached hydrogens (tertiary/aromatic N) is 4. The highest BCUT2D eigenvalue weighted by atomic mass is 19.1. The van der Waals surface area contributed by atoms with Gasteiger partial charge in [0.1, 0.15) is 5.82 Å². The van der Waals surface area contributed by atoms with Gasteiger partial charge >= 0.3 is 0 Å². The van der Waals surface area contributed by atoms with E-state index in [0.717, 1.165) is 49.3 Å². The van der Waals surface area contributed by atoms with Gasteiger partial charge in [-0.1, -0.05) is 56.2 Å². The van der Waals surface area contributed by atoms with Gasteiger partial charge in [-0.3, -0.25) is 9.69 Å². The number of benzene rings is 3. The number of amides is 1. The monoisotopic (exact) mass is 542 g/mol. The minimum atomic E-state index is -0.540.